The van der Waals surface area contributed by atoms with E-state index in [4.69, 9.17) is 5.11 Å². The molecule has 0 spiro atoms. The molecule has 0 saturated heterocycles. The predicted octanol–water partition coefficient (Wildman–Crippen LogP) is 2.24. The van der Waals surface area contributed by atoms with Crippen molar-refractivity contribution in [3.8, 4) is 0 Å². The molecule has 0 aromatic carbocycles. The lowest BCUT2D eigenvalue weighted by Gasteiger charge is -2.41. The number of pyridine rings is 1. The first kappa shape index (κ1) is 14.4. The molecule has 1 fully saturated rings. The predicted molar refractivity (Wildman–Crippen MR) is 77.2 cm³/mol. The van der Waals surface area contributed by atoms with Gasteiger partial charge in [-0.25, -0.2) is 9.18 Å². The van der Waals surface area contributed by atoms with Crippen molar-refractivity contribution in [3.63, 3.8) is 0 Å². The van der Waals surface area contributed by atoms with Crippen LogP contribution in [0.3, 0.4) is 0 Å². The van der Waals surface area contributed by atoms with Gasteiger partial charge in [0.15, 0.2) is 5.69 Å². The molecule has 2 N–H and O–H groups in total. The summed E-state index contributed by atoms with van der Waals surface area (Å²) in [6.07, 6.45) is 4.34. The molecule has 7 heteroatoms. The molecule has 0 amide bonds. The number of carbonyl (C=O) groups is 1. The maximum absolute atomic E-state index is 14.0. The quantitative estimate of drug-likeness (QED) is 0.880. The number of carboxylic acids is 1. The van der Waals surface area contributed by atoms with Crippen molar-refractivity contribution in [1.82, 2.24) is 15.2 Å². The normalized spacial score (nSPS) is 15.9. The zero-order valence-electron chi connectivity index (χ0n) is 11.8. The molecule has 2 aromatic rings. The van der Waals surface area contributed by atoms with E-state index < -0.39 is 5.97 Å². The Morgan fingerprint density at radius 2 is 2.14 bits per heavy atom. The highest BCUT2D eigenvalue weighted by atomic mass is 19.1. The molecule has 2 aromatic heterocycles. The monoisotopic (exact) mass is 302 g/mol. The van der Waals surface area contributed by atoms with Crippen LogP contribution in [0.15, 0.2) is 30.5 Å². The Bertz CT molecular complexity index is 686. The van der Waals surface area contributed by atoms with Gasteiger partial charge in [0.25, 0.3) is 0 Å². The highest BCUT2D eigenvalue weighted by molar-refractivity contribution is 5.85. The molecule has 0 aliphatic heterocycles. The second-order valence-corrected chi connectivity index (χ2v) is 5.43. The first-order chi connectivity index (χ1) is 10.6. The highest BCUT2D eigenvalue weighted by Crippen LogP contribution is 2.43. The Balaban J connectivity index is 1.74. The fraction of sp³-hybridized carbons (Fsp3) is 0.333. The zero-order chi connectivity index (χ0) is 15.6. The highest BCUT2D eigenvalue weighted by Gasteiger charge is 2.41. The summed E-state index contributed by atoms with van der Waals surface area (Å²) >= 11 is 0. The van der Waals surface area contributed by atoms with Gasteiger partial charge in [0.1, 0.15) is 11.6 Å². The summed E-state index contributed by atoms with van der Waals surface area (Å²) in [6, 6.07) is 5.93. The molecule has 0 unspecified atom stereocenters. The third-order valence-corrected chi connectivity index (χ3v) is 4.06. The number of hydrogen-bond acceptors (Lipinski definition) is 5. The summed E-state index contributed by atoms with van der Waals surface area (Å²) in [4.78, 5) is 14.9. The Morgan fingerprint density at radius 3 is 2.68 bits per heavy atom. The molecule has 22 heavy (non-hydrogen) atoms. The smallest absolute Gasteiger partial charge is 0.356 e. The molecule has 114 valence electrons. The van der Waals surface area contributed by atoms with Crippen LogP contribution < -0.4 is 5.32 Å². The molecule has 1 saturated carbocycles. The second kappa shape index (κ2) is 5.67. The summed E-state index contributed by atoms with van der Waals surface area (Å²) < 4.78 is 14.0. The van der Waals surface area contributed by atoms with E-state index in [2.05, 4.69) is 20.5 Å². The molecule has 3 rings (SSSR count). The number of carboxylic acid groups (broad SMARTS) is 1. The number of rotatable bonds is 5. The number of hydrogen-bond donors (Lipinski definition) is 2. The minimum Gasteiger partial charge on any atom is -0.476 e. The van der Waals surface area contributed by atoms with Gasteiger partial charge in [0, 0.05) is 18.2 Å². The van der Waals surface area contributed by atoms with Gasteiger partial charge in [-0.1, -0.05) is 6.42 Å². The van der Waals surface area contributed by atoms with Crippen molar-refractivity contribution in [3.05, 3.63) is 47.7 Å². The maximum atomic E-state index is 14.0. The van der Waals surface area contributed by atoms with Crippen molar-refractivity contribution >= 4 is 11.8 Å². The summed E-state index contributed by atoms with van der Waals surface area (Å²) in [5.41, 5.74) is 0.0296. The van der Waals surface area contributed by atoms with E-state index in [1.807, 2.05) is 0 Å². The van der Waals surface area contributed by atoms with E-state index in [1.165, 1.54) is 12.1 Å². The third kappa shape index (κ3) is 2.61. The van der Waals surface area contributed by atoms with Crippen LogP contribution in [0.1, 0.15) is 35.4 Å². The van der Waals surface area contributed by atoms with Gasteiger partial charge in [-0.15, -0.1) is 10.2 Å². The molecule has 2 heterocycles. The van der Waals surface area contributed by atoms with Crippen LogP contribution in [0.5, 0.6) is 0 Å². The molecule has 0 atom stereocenters. The topological polar surface area (TPSA) is 88.0 Å². The molecule has 1 aliphatic carbocycles. The van der Waals surface area contributed by atoms with Crippen LogP contribution >= 0.6 is 0 Å². The van der Waals surface area contributed by atoms with Crippen molar-refractivity contribution in [2.45, 2.75) is 24.7 Å². The molecule has 6 nitrogen and oxygen atoms in total. The summed E-state index contributed by atoms with van der Waals surface area (Å²) in [7, 11) is 0. The number of aromatic nitrogens is 3. The molecular formula is C15H15FN4O2. The molecule has 0 bridgehead atoms. The summed E-state index contributed by atoms with van der Waals surface area (Å²) in [5, 5.41) is 19.3. The van der Waals surface area contributed by atoms with Gasteiger partial charge in [-0.2, -0.15) is 0 Å². The zero-order valence-corrected chi connectivity index (χ0v) is 11.8. The second-order valence-electron chi connectivity index (χ2n) is 5.43. The standard InChI is InChI=1S/C15H15FN4O2/c16-10-3-1-8-17-13(10)15(6-2-7-15)9-18-12-5-4-11(14(21)22)19-20-12/h1,3-5,8H,2,6-7,9H2,(H,18,20)(H,21,22). The van der Waals surface area contributed by atoms with Gasteiger partial charge in [-0.3, -0.25) is 4.98 Å². The fourth-order valence-electron chi connectivity index (χ4n) is 2.68. The van der Waals surface area contributed by atoms with E-state index in [9.17, 15) is 9.18 Å². The number of halogens is 1. The van der Waals surface area contributed by atoms with Crippen LogP contribution in [0.4, 0.5) is 10.2 Å². The van der Waals surface area contributed by atoms with E-state index in [-0.39, 0.29) is 16.9 Å². The number of nitrogens with one attached hydrogen (secondary N) is 1. The van der Waals surface area contributed by atoms with Gasteiger partial charge < -0.3 is 10.4 Å². The summed E-state index contributed by atoms with van der Waals surface area (Å²) in [6.45, 7) is 0.488. The van der Waals surface area contributed by atoms with Crippen molar-refractivity contribution < 1.29 is 14.3 Å². The number of aromatic carboxylic acids is 1. The van der Waals surface area contributed by atoms with Crippen LogP contribution in [-0.4, -0.2) is 32.8 Å². The van der Waals surface area contributed by atoms with E-state index in [0.717, 1.165) is 19.3 Å². The average Bonchev–Trinajstić information content (AvgIpc) is 2.48. The van der Waals surface area contributed by atoms with Crippen LogP contribution in [0.25, 0.3) is 0 Å². The minimum atomic E-state index is -1.12. The average molecular weight is 302 g/mol. The van der Waals surface area contributed by atoms with Crippen molar-refractivity contribution in [1.29, 1.82) is 0 Å². The first-order valence-corrected chi connectivity index (χ1v) is 7.03. The van der Waals surface area contributed by atoms with E-state index in [0.29, 0.717) is 18.1 Å². The first-order valence-electron chi connectivity index (χ1n) is 7.03. The van der Waals surface area contributed by atoms with Crippen LogP contribution in [0.2, 0.25) is 0 Å². The summed E-state index contributed by atoms with van der Waals surface area (Å²) in [5.74, 6) is -0.950. The van der Waals surface area contributed by atoms with Crippen molar-refractivity contribution in [2.24, 2.45) is 0 Å². The van der Waals surface area contributed by atoms with E-state index in [1.54, 1.807) is 18.3 Å². The van der Waals surface area contributed by atoms with Gasteiger partial charge in [0.2, 0.25) is 0 Å². The maximum Gasteiger partial charge on any atom is 0.356 e. The Hall–Kier alpha value is -2.57. The number of nitrogens with zero attached hydrogens (tertiary/aromatic N) is 3. The van der Waals surface area contributed by atoms with Crippen LogP contribution in [-0.2, 0) is 5.41 Å². The van der Waals surface area contributed by atoms with Gasteiger partial charge >= 0.3 is 5.97 Å². The molecule has 1 aliphatic rings. The van der Waals surface area contributed by atoms with Crippen molar-refractivity contribution in [2.75, 3.05) is 11.9 Å². The number of anilines is 1. The Labute approximate surface area is 126 Å². The lowest BCUT2D eigenvalue weighted by molar-refractivity contribution is 0.0689. The largest absolute Gasteiger partial charge is 0.476 e. The SMILES string of the molecule is O=C(O)c1ccc(NCC2(c3ncccc3F)CCC2)nn1. The van der Waals surface area contributed by atoms with Crippen LogP contribution in [0, 0.1) is 5.82 Å². The molecule has 0 radical (unpaired) electrons. The lowest BCUT2D eigenvalue weighted by atomic mass is 9.66. The molecular weight excluding hydrogens is 287 g/mol. The Morgan fingerprint density at radius 1 is 1.32 bits per heavy atom. The lowest BCUT2D eigenvalue weighted by Crippen LogP contribution is -2.42. The Kier molecular flexibility index (Phi) is 3.70. The van der Waals surface area contributed by atoms with Gasteiger partial charge in [0.05, 0.1) is 5.69 Å². The third-order valence-electron chi connectivity index (χ3n) is 4.06. The minimum absolute atomic E-state index is 0.111. The van der Waals surface area contributed by atoms with Gasteiger partial charge in [-0.05, 0) is 37.1 Å². The van der Waals surface area contributed by atoms with E-state index >= 15 is 0 Å². The fourth-order valence-corrected chi connectivity index (χ4v) is 2.68.